The first-order valence-corrected chi connectivity index (χ1v) is 28.6. The van der Waals surface area contributed by atoms with Crippen molar-refractivity contribution in [2.75, 3.05) is 0 Å². The quantitative estimate of drug-likeness (QED) is 0.107. The van der Waals surface area contributed by atoms with Gasteiger partial charge in [0.25, 0.3) is 0 Å². The Bertz CT molecular complexity index is 4780. The Kier molecular flexibility index (Phi) is 9.62. The Morgan fingerprint density at radius 1 is 0.208 bits per heavy atom. The van der Waals surface area contributed by atoms with E-state index in [2.05, 4.69) is 309 Å². The van der Waals surface area contributed by atoms with Crippen LogP contribution in [0.5, 0.6) is 0 Å². The second-order valence-corrected chi connectivity index (χ2v) is 24.2. The molecule has 0 atom stereocenters. The van der Waals surface area contributed by atoms with Gasteiger partial charge in [-0.25, -0.2) is 0 Å². The number of hydrogen-bond acceptors (Lipinski definition) is 0. The third-order valence-electron chi connectivity index (χ3n) is 16.5. The van der Waals surface area contributed by atoms with E-state index < -0.39 is 8.07 Å². The van der Waals surface area contributed by atoms with Crippen molar-refractivity contribution in [3.05, 3.63) is 291 Å². The van der Waals surface area contributed by atoms with Crippen molar-refractivity contribution in [3.8, 4) is 22.7 Å². The lowest BCUT2D eigenvalue weighted by Gasteiger charge is -2.34. The molecule has 77 heavy (non-hydrogen) atoms. The number of hydrogen-bond donors (Lipinski definition) is 0. The largest absolute Gasteiger partial charge is 0.309 e. The van der Waals surface area contributed by atoms with E-state index in [1.54, 1.807) is 0 Å². The number of benzene rings is 12. The van der Waals surface area contributed by atoms with Crippen molar-refractivity contribution >= 4 is 116 Å². The molecule has 16 rings (SSSR count). The predicted octanol–water partition coefficient (Wildman–Crippen LogP) is 15.5. The molecule has 0 fully saturated rings. The third kappa shape index (κ3) is 6.26. The fourth-order valence-electron chi connectivity index (χ4n) is 13.4. The lowest BCUT2D eigenvalue weighted by atomic mass is 10.1. The molecule has 0 spiro atoms. The molecule has 5 heteroatoms. The average molecular weight is 997 g/mol. The Hall–Kier alpha value is -9.94. The van der Waals surface area contributed by atoms with Gasteiger partial charge < -0.3 is 18.3 Å². The first-order chi connectivity index (χ1) is 38.3. The van der Waals surface area contributed by atoms with E-state index in [0.717, 1.165) is 39.3 Å². The minimum Gasteiger partial charge on any atom is -0.309 e. The third-order valence-corrected chi connectivity index (χ3v) is 21.3. The highest BCUT2D eigenvalue weighted by molar-refractivity contribution is 7.19. The van der Waals surface area contributed by atoms with Gasteiger partial charge in [0.1, 0.15) is 0 Å². The molecule has 0 aliphatic heterocycles. The summed E-state index contributed by atoms with van der Waals surface area (Å²) >= 11 is 0. The van der Waals surface area contributed by atoms with E-state index in [9.17, 15) is 0 Å². The summed E-state index contributed by atoms with van der Waals surface area (Å²) < 4.78 is 10.0. The second-order valence-electron chi connectivity index (χ2n) is 20.4. The molecule has 0 N–H and O–H groups in total. The van der Waals surface area contributed by atoms with Crippen LogP contribution in [-0.4, -0.2) is 26.3 Å². The Morgan fingerprint density at radius 3 is 1.10 bits per heavy atom. The summed E-state index contributed by atoms with van der Waals surface area (Å²) in [4.78, 5) is 0. The molecule has 0 aliphatic carbocycles. The normalized spacial score (nSPS) is 12.2. The molecule has 4 nitrogen and oxygen atoms in total. The topological polar surface area (TPSA) is 19.7 Å². The number of rotatable bonds is 8. The predicted molar refractivity (Wildman–Crippen MR) is 327 cm³/mol. The molecule has 0 bridgehead atoms. The first-order valence-electron chi connectivity index (χ1n) is 26.6. The van der Waals surface area contributed by atoms with Crippen molar-refractivity contribution in [3.63, 3.8) is 0 Å². The molecular weight excluding hydrogens is 949 g/mol. The molecule has 12 aromatic carbocycles. The van der Waals surface area contributed by atoms with Crippen LogP contribution in [0.2, 0.25) is 0 Å². The monoisotopic (exact) mass is 996 g/mol. The molecule has 0 unspecified atom stereocenters. The molecule has 0 radical (unpaired) electrons. The van der Waals surface area contributed by atoms with Crippen LogP contribution in [0.4, 0.5) is 0 Å². The van der Waals surface area contributed by atoms with Crippen LogP contribution < -0.4 is 20.7 Å². The average Bonchev–Trinajstić information content (AvgIpc) is 4.33. The molecule has 4 aromatic heterocycles. The molecule has 0 amide bonds. The van der Waals surface area contributed by atoms with Gasteiger partial charge in [-0.05, 0) is 99.6 Å². The van der Waals surface area contributed by atoms with Crippen LogP contribution in [0.3, 0.4) is 0 Å². The SMILES string of the molecule is c1ccc([Si](c2ccccc2)(c2ccccc2)c2cccc(-n3c4ccccc4c4cc(-n5c6cccc(-n7c8ccccc8c8ccccc87)c6c6cccc(-n7c8ccccc8c8ccccc87)c65)ccc43)c2)cc1. The lowest BCUT2D eigenvalue weighted by Crippen LogP contribution is -2.74. The van der Waals surface area contributed by atoms with E-state index in [4.69, 9.17) is 0 Å². The van der Waals surface area contributed by atoms with Gasteiger partial charge in [-0.1, -0.05) is 212 Å². The summed E-state index contributed by atoms with van der Waals surface area (Å²) in [6.07, 6.45) is 0. The van der Waals surface area contributed by atoms with Gasteiger partial charge in [-0.15, -0.1) is 0 Å². The minimum absolute atomic E-state index is 1.10. The molecule has 0 aliphatic rings. The van der Waals surface area contributed by atoms with Gasteiger partial charge >= 0.3 is 0 Å². The summed E-state index contributed by atoms with van der Waals surface area (Å²) in [5, 5.41) is 15.2. The van der Waals surface area contributed by atoms with Gasteiger partial charge in [0, 0.05) is 54.5 Å². The van der Waals surface area contributed by atoms with Crippen LogP contribution in [0.25, 0.3) is 110 Å². The maximum Gasteiger partial charge on any atom is 0.179 e. The number of para-hydroxylation sites is 6. The highest BCUT2D eigenvalue weighted by atomic mass is 28.3. The van der Waals surface area contributed by atoms with E-state index in [-0.39, 0.29) is 0 Å². The number of nitrogens with zero attached hydrogens (tertiary/aromatic N) is 4. The van der Waals surface area contributed by atoms with Crippen LogP contribution >= 0.6 is 0 Å². The Morgan fingerprint density at radius 2 is 0.571 bits per heavy atom. The van der Waals surface area contributed by atoms with Crippen LogP contribution in [-0.2, 0) is 0 Å². The highest BCUT2D eigenvalue weighted by Crippen LogP contribution is 2.44. The summed E-state index contributed by atoms with van der Waals surface area (Å²) in [6.45, 7) is 0. The van der Waals surface area contributed by atoms with Crippen LogP contribution in [0.1, 0.15) is 0 Å². The highest BCUT2D eigenvalue weighted by Gasteiger charge is 2.41. The Labute approximate surface area is 445 Å². The zero-order valence-electron chi connectivity index (χ0n) is 42.0. The molecule has 0 saturated heterocycles. The maximum atomic E-state index is 2.55. The molecule has 4 heterocycles. The standard InChI is InChI=1S/C72H48N4Si/c1-4-24-51(25-5-1)77(52-26-6-2-7-27-52,53-28-8-3-9-29-53)54-30-20-23-49(47-54)73-62-37-15-14-35-59(62)61-48-50(45-46-67(61)73)74-68-42-22-43-69(75-63-38-16-10-31-55(63)56-32-11-17-39-64(56)75)71(68)60-36-21-44-70(72(60)74)76-65-40-18-12-33-57(65)58-34-13-19-41-66(58)76/h1-48H. The lowest BCUT2D eigenvalue weighted by molar-refractivity contribution is 1.13. The molecule has 360 valence electrons. The van der Waals surface area contributed by atoms with Crippen molar-refractivity contribution in [1.82, 2.24) is 18.3 Å². The van der Waals surface area contributed by atoms with E-state index in [1.165, 1.54) is 91.4 Å². The fraction of sp³-hybridized carbons (Fsp3) is 0. The van der Waals surface area contributed by atoms with E-state index in [0.29, 0.717) is 0 Å². The van der Waals surface area contributed by atoms with Crippen molar-refractivity contribution in [1.29, 1.82) is 0 Å². The summed E-state index contributed by atoms with van der Waals surface area (Å²) in [5.41, 5.74) is 13.9. The number of aromatic nitrogens is 4. The minimum atomic E-state index is -2.82. The molecule has 0 saturated carbocycles. The zero-order valence-corrected chi connectivity index (χ0v) is 43.0. The number of fused-ring (bicyclic) bond motifs is 12. The van der Waals surface area contributed by atoms with Crippen LogP contribution in [0, 0.1) is 0 Å². The fourth-order valence-corrected chi connectivity index (χ4v) is 18.2. The second kappa shape index (κ2) is 17.0. The van der Waals surface area contributed by atoms with Crippen molar-refractivity contribution in [2.24, 2.45) is 0 Å². The summed E-state index contributed by atoms with van der Waals surface area (Å²) in [6, 6.07) is 108. The summed E-state index contributed by atoms with van der Waals surface area (Å²) in [7, 11) is -2.82. The molecule has 16 aromatic rings. The smallest absolute Gasteiger partial charge is 0.179 e. The van der Waals surface area contributed by atoms with Crippen molar-refractivity contribution in [2.45, 2.75) is 0 Å². The van der Waals surface area contributed by atoms with Gasteiger partial charge in [-0.2, -0.15) is 0 Å². The van der Waals surface area contributed by atoms with E-state index in [1.807, 2.05) is 0 Å². The molecular formula is C72H48N4Si. The Balaban J connectivity index is 0.981. The first kappa shape index (κ1) is 43.5. The van der Waals surface area contributed by atoms with Gasteiger partial charge in [0.2, 0.25) is 0 Å². The van der Waals surface area contributed by atoms with Gasteiger partial charge in [0.15, 0.2) is 8.07 Å². The zero-order chi connectivity index (χ0) is 50.6. The maximum absolute atomic E-state index is 2.82. The van der Waals surface area contributed by atoms with Crippen molar-refractivity contribution < 1.29 is 0 Å². The van der Waals surface area contributed by atoms with Crippen LogP contribution in [0.15, 0.2) is 291 Å². The van der Waals surface area contributed by atoms with Gasteiger partial charge in [-0.3, -0.25) is 0 Å². The van der Waals surface area contributed by atoms with Gasteiger partial charge in [0.05, 0.1) is 55.5 Å². The summed E-state index contributed by atoms with van der Waals surface area (Å²) in [5.74, 6) is 0. The van der Waals surface area contributed by atoms with E-state index >= 15 is 0 Å².